The van der Waals surface area contributed by atoms with Gasteiger partial charge in [-0.05, 0) is 49.6 Å². The first-order valence-electron chi connectivity index (χ1n) is 10.7. The van der Waals surface area contributed by atoms with Crippen molar-refractivity contribution in [3.63, 3.8) is 0 Å². The standard InChI is InChI=1S/C24H28FN3O3/c1-2-3-13-26-22(29)18-9-7-14-28(16-18)24(31)17-8-6-10-19(15-17)27-23(30)20-11-4-5-12-21(20)25/h4-6,8,10-12,15,18H,2-3,7,9,13-14,16H2,1H3,(H,26,29)(H,27,30). The number of piperidine rings is 1. The molecule has 31 heavy (non-hydrogen) atoms. The van der Waals surface area contributed by atoms with Crippen LogP contribution in [0.5, 0.6) is 0 Å². The highest BCUT2D eigenvalue weighted by Gasteiger charge is 2.28. The van der Waals surface area contributed by atoms with Gasteiger partial charge >= 0.3 is 0 Å². The smallest absolute Gasteiger partial charge is 0.258 e. The van der Waals surface area contributed by atoms with Gasteiger partial charge in [0.1, 0.15) is 5.82 Å². The monoisotopic (exact) mass is 425 g/mol. The molecule has 0 radical (unpaired) electrons. The average Bonchev–Trinajstić information content (AvgIpc) is 2.79. The molecule has 2 aromatic carbocycles. The second-order valence-electron chi connectivity index (χ2n) is 7.75. The summed E-state index contributed by atoms with van der Waals surface area (Å²) in [6.45, 7) is 3.69. The molecule has 0 aromatic heterocycles. The fraction of sp³-hybridized carbons (Fsp3) is 0.375. The van der Waals surface area contributed by atoms with Gasteiger partial charge in [-0.2, -0.15) is 0 Å². The number of amides is 3. The van der Waals surface area contributed by atoms with Gasteiger partial charge in [0.05, 0.1) is 11.5 Å². The number of benzene rings is 2. The van der Waals surface area contributed by atoms with Crippen LogP contribution in [0.4, 0.5) is 10.1 Å². The Kier molecular flexibility index (Phi) is 7.76. The van der Waals surface area contributed by atoms with Crippen molar-refractivity contribution < 1.29 is 18.8 Å². The summed E-state index contributed by atoms with van der Waals surface area (Å²) in [6.07, 6.45) is 3.48. The summed E-state index contributed by atoms with van der Waals surface area (Å²) in [7, 11) is 0. The summed E-state index contributed by atoms with van der Waals surface area (Å²) >= 11 is 0. The van der Waals surface area contributed by atoms with Gasteiger partial charge in [-0.1, -0.05) is 31.5 Å². The zero-order valence-corrected chi connectivity index (χ0v) is 17.7. The molecule has 0 bridgehead atoms. The molecule has 164 valence electrons. The van der Waals surface area contributed by atoms with Gasteiger partial charge in [-0.3, -0.25) is 14.4 Å². The number of carbonyl (C=O) groups is 3. The molecule has 1 saturated heterocycles. The predicted octanol–water partition coefficient (Wildman–Crippen LogP) is 3.85. The number of nitrogens with one attached hydrogen (secondary N) is 2. The first kappa shape index (κ1) is 22.5. The van der Waals surface area contributed by atoms with E-state index in [9.17, 15) is 18.8 Å². The number of anilines is 1. The highest BCUT2D eigenvalue weighted by Crippen LogP contribution is 2.21. The third-order valence-corrected chi connectivity index (χ3v) is 5.39. The van der Waals surface area contributed by atoms with E-state index in [1.165, 1.54) is 18.2 Å². The minimum atomic E-state index is -0.608. The number of hydrogen-bond acceptors (Lipinski definition) is 3. The van der Waals surface area contributed by atoms with Crippen molar-refractivity contribution in [1.29, 1.82) is 0 Å². The van der Waals surface area contributed by atoms with E-state index in [0.29, 0.717) is 30.9 Å². The van der Waals surface area contributed by atoms with Crippen molar-refractivity contribution in [3.8, 4) is 0 Å². The maximum atomic E-state index is 13.8. The fourth-order valence-corrected chi connectivity index (χ4v) is 3.66. The third kappa shape index (κ3) is 5.90. The van der Waals surface area contributed by atoms with E-state index in [1.807, 2.05) is 0 Å². The lowest BCUT2D eigenvalue weighted by Gasteiger charge is -2.32. The Balaban J connectivity index is 1.65. The highest BCUT2D eigenvalue weighted by atomic mass is 19.1. The predicted molar refractivity (Wildman–Crippen MR) is 117 cm³/mol. The maximum Gasteiger partial charge on any atom is 0.258 e. The second-order valence-corrected chi connectivity index (χ2v) is 7.75. The van der Waals surface area contributed by atoms with Crippen LogP contribution in [0.15, 0.2) is 48.5 Å². The zero-order chi connectivity index (χ0) is 22.2. The van der Waals surface area contributed by atoms with E-state index >= 15 is 0 Å². The van der Waals surface area contributed by atoms with E-state index in [0.717, 1.165) is 25.7 Å². The van der Waals surface area contributed by atoms with Crippen LogP contribution in [0.2, 0.25) is 0 Å². The lowest BCUT2D eigenvalue weighted by atomic mass is 9.96. The van der Waals surface area contributed by atoms with Crippen LogP contribution in [0.1, 0.15) is 53.3 Å². The highest BCUT2D eigenvalue weighted by molar-refractivity contribution is 6.05. The van der Waals surface area contributed by atoms with Crippen LogP contribution in [0.3, 0.4) is 0 Å². The van der Waals surface area contributed by atoms with E-state index in [1.54, 1.807) is 35.2 Å². The van der Waals surface area contributed by atoms with Gasteiger partial charge in [-0.25, -0.2) is 4.39 Å². The van der Waals surface area contributed by atoms with Crippen LogP contribution in [-0.2, 0) is 4.79 Å². The molecular weight excluding hydrogens is 397 g/mol. The summed E-state index contributed by atoms with van der Waals surface area (Å²) in [5.41, 5.74) is 0.760. The average molecular weight is 426 g/mol. The SMILES string of the molecule is CCCCNC(=O)C1CCCN(C(=O)c2cccc(NC(=O)c3ccccc3F)c2)C1. The molecule has 3 rings (SSSR count). The van der Waals surface area contributed by atoms with Crippen molar-refractivity contribution in [2.45, 2.75) is 32.6 Å². The second kappa shape index (κ2) is 10.7. The van der Waals surface area contributed by atoms with Crippen molar-refractivity contribution in [1.82, 2.24) is 10.2 Å². The lowest BCUT2D eigenvalue weighted by molar-refractivity contribution is -0.126. The Labute approximate surface area is 181 Å². The molecule has 2 N–H and O–H groups in total. The first-order valence-corrected chi connectivity index (χ1v) is 10.7. The molecular formula is C24H28FN3O3. The lowest BCUT2D eigenvalue weighted by Crippen LogP contribution is -2.45. The van der Waals surface area contributed by atoms with Gasteiger partial charge in [0.25, 0.3) is 11.8 Å². The minimum absolute atomic E-state index is 0.00292. The molecule has 0 saturated carbocycles. The van der Waals surface area contributed by atoms with Gasteiger partial charge in [-0.15, -0.1) is 0 Å². The molecule has 3 amide bonds. The van der Waals surface area contributed by atoms with Crippen molar-refractivity contribution in [2.75, 3.05) is 25.0 Å². The Morgan fingerprint density at radius 3 is 2.71 bits per heavy atom. The molecule has 0 spiro atoms. The van der Waals surface area contributed by atoms with Gasteiger partial charge in [0.2, 0.25) is 5.91 Å². The van der Waals surface area contributed by atoms with E-state index in [2.05, 4.69) is 17.6 Å². The number of likely N-dealkylation sites (tertiary alicyclic amines) is 1. The van der Waals surface area contributed by atoms with E-state index in [-0.39, 0.29) is 23.3 Å². The van der Waals surface area contributed by atoms with Gasteiger partial charge < -0.3 is 15.5 Å². The van der Waals surface area contributed by atoms with Crippen molar-refractivity contribution in [3.05, 3.63) is 65.5 Å². The molecule has 0 aliphatic carbocycles. The molecule has 6 nitrogen and oxygen atoms in total. The number of hydrogen-bond donors (Lipinski definition) is 2. The Bertz CT molecular complexity index is 947. The Morgan fingerprint density at radius 1 is 1.13 bits per heavy atom. The van der Waals surface area contributed by atoms with Gasteiger partial charge in [0.15, 0.2) is 0 Å². The summed E-state index contributed by atoms with van der Waals surface area (Å²) in [4.78, 5) is 39.4. The molecule has 2 aromatic rings. The summed E-state index contributed by atoms with van der Waals surface area (Å²) in [6, 6.07) is 12.3. The van der Waals surface area contributed by atoms with Crippen molar-refractivity contribution >= 4 is 23.4 Å². The minimum Gasteiger partial charge on any atom is -0.356 e. The van der Waals surface area contributed by atoms with Crippen LogP contribution in [0, 0.1) is 11.7 Å². The number of nitrogens with zero attached hydrogens (tertiary/aromatic N) is 1. The number of halogens is 1. The summed E-state index contributed by atoms with van der Waals surface area (Å²) in [5, 5.41) is 5.59. The van der Waals surface area contributed by atoms with E-state index in [4.69, 9.17) is 0 Å². The third-order valence-electron chi connectivity index (χ3n) is 5.39. The molecule has 1 unspecified atom stereocenters. The molecule has 7 heteroatoms. The summed E-state index contributed by atoms with van der Waals surface area (Å²) < 4.78 is 13.8. The van der Waals surface area contributed by atoms with E-state index < -0.39 is 11.7 Å². The molecule has 1 atom stereocenters. The topological polar surface area (TPSA) is 78.5 Å². The molecule has 1 heterocycles. The quantitative estimate of drug-likeness (QED) is 0.662. The van der Waals surface area contributed by atoms with Crippen LogP contribution in [0.25, 0.3) is 0 Å². The number of rotatable bonds is 7. The normalized spacial score (nSPS) is 15.9. The van der Waals surface area contributed by atoms with Crippen LogP contribution < -0.4 is 10.6 Å². The largest absolute Gasteiger partial charge is 0.356 e. The number of carbonyl (C=O) groups excluding carboxylic acids is 3. The van der Waals surface area contributed by atoms with Crippen LogP contribution in [-0.4, -0.2) is 42.3 Å². The van der Waals surface area contributed by atoms with Crippen LogP contribution >= 0.6 is 0 Å². The first-order chi connectivity index (χ1) is 15.0. The molecule has 1 aliphatic rings. The Hall–Kier alpha value is -3.22. The van der Waals surface area contributed by atoms with Crippen molar-refractivity contribution in [2.24, 2.45) is 5.92 Å². The molecule has 1 fully saturated rings. The Morgan fingerprint density at radius 2 is 1.94 bits per heavy atom. The maximum absolute atomic E-state index is 13.8. The fourth-order valence-electron chi connectivity index (χ4n) is 3.66. The summed E-state index contributed by atoms with van der Waals surface area (Å²) in [5.74, 6) is -1.59. The molecule has 1 aliphatic heterocycles. The zero-order valence-electron chi connectivity index (χ0n) is 17.7. The number of unbranched alkanes of at least 4 members (excludes halogenated alkanes) is 1. The van der Waals surface area contributed by atoms with Gasteiger partial charge in [0, 0.05) is 30.9 Å².